The van der Waals surface area contributed by atoms with Gasteiger partial charge < -0.3 is 10.5 Å². The van der Waals surface area contributed by atoms with Crippen LogP contribution in [0, 0.1) is 0 Å². The lowest BCUT2D eigenvalue weighted by molar-refractivity contribution is 0.0602. The van der Waals surface area contributed by atoms with Crippen LogP contribution in [0.15, 0.2) is 29.3 Å². The molecule has 0 saturated heterocycles. The summed E-state index contributed by atoms with van der Waals surface area (Å²) in [6.45, 7) is 0. The van der Waals surface area contributed by atoms with Gasteiger partial charge in [0.05, 0.1) is 13.3 Å². The minimum absolute atomic E-state index is 0.0273. The highest BCUT2D eigenvalue weighted by atomic mass is 16.5. The number of rotatable bonds is 1. The molecule has 0 fully saturated rings. The van der Waals surface area contributed by atoms with Crippen LogP contribution in [0.1, 0.15) is 10.4 Å². The van der Waals surface area contributed by atoms with Gasteiger partial charge in [0.1, 0.15) is 11.3 Å². The second kappa shape index (κ2) is 3.65. The molecule has 2 N–H and O–H groups in total. The average Bonchev–Trinajstić information content (AvgIpc) is 2.32. The van der Waals surface area contributed by atoms with Gasteiger partial charge in [0, 0.05) is 6.20 Å². The molecule has 0 unspecified atom stereocenters. The largest absolute Gasteiger partial charge is 0.465 e. The van der Waals surface area contributed by atoms with E-state index in [9.17, 15) is 9.59 Å². The van der Waals surface area contributed by atoms with Gasteiger partial charge in [-0.1, -0.05) is 0 Å². The van der Waals surface area contributed by atoms with E-state index in [0.717, 1.165) is 0 Å². The molecule has 6 nitrogen and oxygen atoms in total. The Bertz CT molecular complexity index is 618. The maximum absolute atomic E-state index is 11.6. The molecular formula is C10H9N3O3. The predicted octanol–water partition coefficient (Wildman–Crippen LogP) is 0.0633. The molecule has 16 heavy (non-hydrogen) atoms. The number of esters is 1. The van der Waals surface area contributed by atoms with E-state index in [1.807, 2.05) is 0 Å². The third kappa shape index (κ3) is 1.40. The number of nitrogens with two attached hydrogens (primary N) is 1. The van der Waals surface area contributed by atoms with Gasteiger partial charge in [-0.15, -0.1) is 0 Å². The predicted molar refractivity (Wildman–Crippen MR) is 57.2 cm³/mol. The van der Waals surface area contributed by atoms with Crippen LogP contribution in [-0.2, 0) is 4.74 Å². The fourth-order valence-electron chi connectivity index (χ4n) is 1.39. The molecule has 0 bridgehead atoms. The normalized spacial score (nSPS) is 10.3. The number of carbonyl (C=O) groups excluding carboxylic acids is 1. The van der Waals surface area contributed by atoms with E-state index >= 15 is 0 Å². The summed E-state index contributed by atoms with van der Waals surface area (Å²) < 4.78 is 5.80. The number of ether oxygens (including phenoxy) is 1. The molecule has 0 aliphatic heterocycles. The van der Waals surface area contributed by atoms with Crippen molar-refractivity contribution in [3.8, 4) is 0 Å². The van der Waals surface area contributed by atoms with Gasteiger partial charge >= 0.3 is 5.97 Å². The molecule has 2 aromatic heterocycles. The molecule has 0 atom stereocenters. The Morgan fingerprint density at radius 3 is 3.00 bits per heavy atom. The molecule has 0 aliphatic rings. The van der Waals surface area contributed by atoms with Gasteiger partial charge in [0.15, 0.2) is 5.65 Å². The van der Waals surface area contributed by atoms with Crippen molar-refractivity contribution < 1.29 is 9.53 Å². The minimum Gasteiger partial charge on any atom is -0.465 e. The Morgan fingerprint density at radius 1 is 1.56 bits per heavy atom. The van der Waals surface area contributed by atoms with Crippen molar-refractivity contribution in [2.75, 3.05) is 12.8 Å². The number of pyridine rings is 1. The first-order valence-electron chi connectivity index (χ1n) is 4.49. The van der Waals surface area contributed by atoms with Crippen molar-refractivity contribution in [3.63, 3.8) is 0 Å². The van der Waals surface area contributed by atoms with Crippen LogP contribution in [0.4, 0.5) is 5.69 Å². The number of hydrogen-bond acceptors (Lipinski definition) is 5. The number of anilines is 1. The summed E-state index contributed by atoms with van der Waals surface area (Å²) in [4.78, 5) is 27.0. The van der Waals surface area contributed by atoms with Crippen molar-refractivity contribution in [2.45, 2.75) is 0 Å². The van der Waals surface area contributed by atoms with Gasteiger partial charge in [-0.2, -0.15) is 0 Å². The second-order valence-corrected chi connectivity index (χ2v) is 3.13. The Kier molecular flexibility index (Phi) is 2.32. The molecule has 0 spiro atoms. The van der Waals surface area contributed by atoms with E-state index < -0.39 is 11.5 Å². The van der Waals surface area contributed by atoms with E-state index in [1.165, 1.54) is 30.0 Å². The van der Waals surface area contributed by atoms with Crippen LogP contribution in [0.2, 0.25) is 0 Å². The summed E-state index contributed by atoms with van der Waals surface area (Å²) in [5.41, 5.74) is 5.51. The molecule has 0 saturated carbocycles. The van der Waals surface area contributed by atoms with Crippen molar-refractivity contribution in [3.05, 3.63) is 40.4 Å². The third-order valence-electron chi connectivity index (χ3n) is 2.16. The van der Waals surface area contributed by atoms with Crippen molar-refractivity contribution in [1.29, 1.82) is 0 Å². The zero-order chi connectivity index (χ0) is 11.7. The maximum Gasteiger partial charge on any atom is 0.341 e. The minimum atomic E-state index is -0.547. The summed E-state index contributed by atoms with van der Waals surface area (Å²) in [6, 6.07) is 3.09. The lowest BCUT2D eigenvalue weighted by Crippen LogP contribution is -2.20. The van der Waals surface area contributed by atoms with Crippen LogP contribution in [0.3, 0.4) is 0 Å². The van der Waals surface area contributed by atoms with E-state index in [1.54, 1.807) is 6.07 Å². The van der Waals surface area contributed by atoms with E-state index in [-0.39, 0.29) is 16.9 Å². The second-order valence-electron chi connectivity index (χ2n) is 3.13. The van der Waals surface area contributed by atoms with Crippen LogP contribution >= 0.6 is 0 Å². The van der Waals surface area contributed by atoms with Crippen LogP contribution in [0.5, 0.6) is 0 Å². The number of nitrogens with zero attached hydrogens (tertiary/aromatic N) is 2. The number of fused-ring (bicyclic) bond motifs is 1. The highest BCUT2D eigenvalue weighted by Gasteiger charge is 2.12. The van der Waals surface area contributed by atoms with Gasteiger partial charge in [-0.05, 0) is 12.1 Å². The monoisotopic (exact) mass is 219 g/mol. The molecule has 2 rings (SSSR count). The lowest BCUT2D eigenvalue weighted by Gasteiger charge is -2.05. The Labute approximate surface area is 90.3 Å². The molecule has 2 heterocycles. The number of carbonyl (C=O) groups is 1. The third-order valence-corrected chi connectivity index (χ3v) is 2.16. The van der Waals surface area contributed by atoms with E-state index in [0.29, 0.717) is 0 Å². The zero-order valence-corrected chi connectivity index (χ0v) is 8.51. The number of methoxy groups -OCH3 is 1. The average molecular weight is 219 g/mol. The summed E-state index contributed by atoms with van der Waals surface area (Å²) >= 11 is 0. The molecule has 82 valence electrons. The SMILES string of the molecule is COC(=O)c1cccn2c(=O)c(N)cnc12. The molecule has 6 heteroatoms. The first kappa shape index (κ1) is 10.2. The fourth-order valence-corrected chi connectivity index (χ4v) is 1.39. The zero-order valence-electron chi connectivity index (χ0n) is 8.51. The lowest BCUT2D eigenvalue weighted by atomic mass is 10.2. The molecule has 0 aliphatic carbocycles. The maximum atomic E-state index is 11.6. The highest BCUT2D eigenvalue weighted by molar-refractivity contribution is 5.95. The Balaban J connectivity index is 2.85. The summed E-state index contributed by atoms with van der Waals surface area (Å²) in [7, 11) is 1.27. The van der Waals surface area contributed by atoms with Gasteiger partial charge in [-0.25, -0.2) is 9.78 Å². The van der Waals surface area contributed by atoms with Gasteiger partial charge in [0.2, 0.25) is 0 Å². The summed E-state index contributed by atoms with van der Waals surface area (Å²) in [6.07, 6.45) is 2.72. The quantitative estimate of drug-likeness (QED) is 0.685. The van der Waals surface area contributed by atoms with Crippen LogP contribution in [0.25, 0.3) is 5.65 Å². The summed E-state index contributed by atoms with van der Waals surface area (Å²) in [5.74, 6) is -0.547. The molecule has 2 aromatic rings. The fraction of sp³-hybridized carbons (Fsp3) is 0.100. The van der Waals surface area contributed by atoms with Gasteiger partial charge in [-0.3, -0.25) is 9.20 Å². The van der Waals surface area contributed by atoms with Gasteiger partial charge in [0.25, 0.3) is 5.56 Å². The molecule has 0 amide bonds. The van der Waals surface area contributed by atoms with Crippen LogP contribution < -0.4 is 11.3 Å². The topological polar surface area (TPSA) is 86.7 Å². The molecule has 0 radical (unpaired) electrons. The first-order chi connectivity index (χ1) is 7.65. The Morgan fingerprint density at radius 2 is 2.31 bits per heavy atom. The van der Waals surface area contributed by atoms with Crippen molar-refractivity contribution >= 4 is 17.3 Å². The van der Waals surface area contributed by atoms with Crippen molar-refractivity contribution in [2.24, 2.45) is 0 Å². The van der Waals surface area contributed by atoms with Crippen molar-refractivity contribution in [1.82, 2.24) is 9.38 Å². The highest BCUT2D eigenvalue weighted by Crippen LogP contribution is 2.08. The Hall–Kier alpha value is -2.37. The smallest absolute Gasteiger partial charge is 0.341 e. The molecule has 0 aromatic carbocycles. The summed E-state index contributed by atoms with van der Waals surface area (Å²) in [5, 5.41) is 0. The standard InChI is InChI=1S/C10H9N3O3/c1-16-10(15)6-3-2-4-13-8(6)12-5-7(11)9(13)14/h2-5H,11H2,1H3. The number of nitrogen functional groups attached to an aromatic ring is 1. The number of hydrogen-bond donors (Lipinski definition) is 1. The number of aromatic nitrogens is 2. The molecular weight excluding hydrogens is 210 g/mol. The first-order valence-corrected chi connectivity index (χ1v) is 4.49. The van der Waals surface area contributed by atoms with Crippen LogP contribution in [-0.4, -0.2) is 22.5 Å². The van der Waals surface area contributed by atoms with E-state index in [2.05, 4.69) is 9.72 Å². The van der Waals surface area contributed by atoms with E-state index in [4.69, 9.17) is 5.73 Å².